The Labute approximate surface area is 119 Å². The zero-order chi connectivity index (χ0) is 14.9. The number of aliphatic hydroxyl groups is 1. The van der Waals surface area contributed by atoms with Crippen LogP contribution >= 0.6 is 0 Å². The van der Waals surface area contributed by atoms with E-state index in [1.165, 1.54) is 4.90 Å². The Hall–Kier alpha value is -1.68. The van der Waals surface area contributed by atoms with Crippen LogP contribution in [0.15, 0.2) is 12.1 Å². The highest BCUT2D eigenvalue weighted by molar-refractivity contribution is 6.22. The van der Waals surface area contributed by atoms with Crippen LogP contribution in [0.1, 0.15) is 51.6 Å². The van der Waals surface area contributed by atoms with E-state index in [2.05, 4.69) is 0 Å². The van der Waals surface area contributed by atoms with Crippen LogP contribution in [0, 0.1) is 19.8 Å². The van der Waals surface area contributed by atoms with Crippen molar-refractivity contribution in [3.05, 3.63) is 34.4 Å². The van der Waals surface area contributed by atoms with Crippen molar-refractivity contribution in [2.75, 3.05) is 13.2 Å². The molecule has 4 heteroatoms. The normalized spacial score (nSPS) is 15.7. The van der Waals surface area contributed by atoms with Crippen molar-refractivity contribution >= 4 is 11.8 Å². The highest BCUT2D eigenvalue weighted by Gasteiger charge is 2.38. The summed E-state index contributed by atoms with van der Waals surface area (Å²) < 4.78 is 0. The molecule has 2 rings (SSSR count). The maximum atomic E-state index is 12.5. The van der Waals surface area contributed by atoms with Gasteiger partial charge in [-0.25, -0.2) is 0 Å². The number of carbonyl (C=O) groups is 2. The van der Waals surface area contributed by atoms with E-state index in [4.69, 9.17) is 5.11 Å². The Morgan fingerprint density at radius 1 is 1.10 bits per heavy atom. The number of aliphatic hydroxyl groups excluding tert-OH is 1. The number of benzene rings is 1. The van der Waals surface area contributed by atoms with Crippen molar-refractivity contribution in [1.29, 1.82) is 0 Å². The molecule has 1 aromatic carbocycles. The Morgan fingerprint density at radius 3 is 2.00 bits per heavy atom. The van der Waals surface area contributed by atoms with Gasteiger partial charge in [-0.2, -0.15) is 0 Å². The van der Waals surface area contributed by atoms with Crippen LogP contribution in [0.25, 0.3) is 0 Å². The molecular weight excluding hydrogens is 254 g/mol. The average molecular weight is 275 g/mol. The first-order valence-corrected chi connectivity index (χ1v) is 7.08. The molecule has 1 N–H and O–H groups in total. The lowest BCUT2D eigenvalue weighted by Gasteiger charge is -2.20. The first-order valence-electron chi connectivity index (χ1n) is 7.08. The molecule has 2 amide bonds. The maximum Gasteiger partial charge on any atom is 0.261 e. The number of hydrogen-bond acceptors (Lipinski definition) is 3. The van der Waals surface area contributed by atoms with Gasteiger partial charge in [-0.05, 0) is 37.3 Å². The summed E-state index contributed by atoms with van der Waals surface area (Å²) in [5.41, 5.74) is 2.80. The van der Waals surface area contributed by atoms with E-state index in [-0.39, 0.29) is 24.3 Å². The number of amides is 2. The fourth-order valence-electron chi connectivity index (χ4n) is 2.76. The minimum atomic E-state index is -0.192. The van der Waals surface area contributed by atoms with Crippen molar-refractivity contribution in [3.8, 4) is 0 Å². The summed E-state index contributed by atoms with van der Waals surface area (Å²) in [6.45, 7) is 6.20. The zero-order valence-electron chi connectivity index (χ0n) is 12.3. The van der Waals surface area contributed by atoms with E-state index >= 15 is 0 Å². The van der Waals surface area contributed by atoms with Gasteiger partial charge in [-0.15, -0.1) is 0 Å². The van der Waals surface area contributed by atoms with Crippen LogP contribution in [0.4, 0.5) is 0 Å². The summed E-state index contributed by atoms with van der Waals surface area (Å²) in [5.74, 6) is -0.229. The van der Waals surface area contributed by atoms with Gasteiger partial charge < -0.3 is 5.11 Å². The van der Waals surface area contributed by atoms with Gasteiger partial charge in [-0.1, -0.05) is 25.5 Å². The Balaban J connectivity index is 2.33. The van der Waals surface area contributed by atoms with Crippen LogP contribution < -0.4 is 0 Å². The smallest absolute Gasteiger partial charge is 0.261 e. The van der Waals surface area contributed by atoms with E-state index in [1.54, 1.807) is 0 Å². The lowest BCUT2D eigenvalue weighted by molar-refractivity contribution is 0.0617. The summed E-state index contributed by atoms with van der Waals surface area (Å²) >= 11 is 0. The van der Waals surface area contributed by atoms with Gasteiger partial charge in [-0.3, -0.25) is 14.5 Å². The second-order valence-electron chi connectivity index (χ2n) is 5.46. The molecule has 0 saturated heterocycles. The molecular formula is C16H21NO3. The Kier molecular flexibility index (Phi) is 4.23. The average Bonchev–Trinajstić information content (AvgIpc) is 2.68. The third-order valence-corrected chi connectivity index (χ3v) is 4.10. The molecule has 4 nitrogen and oxygen atoms in total. The Bertz CT molecular complexity index is 510. The highest BCUT2D eigenvalue weighted by Crippen LogP contribution is 2.29. The van der Waals surface area contributed by atoms with E-state index in [0.29, 0.717) is 24.1 Å². The van der Waals surface area contributed by atoms with Crippen molar-refractivity contribution in [2.45, 2.75) is 33.6 Å². The largest absolute Gasteiger partial charge is 0.396 e. The van der Waals surface area contributed by atoms with Crippen molar-refractivity contribution in [3.63, 3.8) is 0 Å². The molecule has 1 unspecified atom stereocenters. The minimum Gasteiger partial charge on any atom is -0.396 e. The van der Waals surface area contributed by atoms with Crippen molar-refractivity contribution < 1.29 is 14.7 Å². The molecule has 1 aliphatic heterocycles. The summed E-state index contributed by atoms with van der Waals surface area (Å²) in [7, 11) is 0. The minimum absolute atomic E-state index is 0.0831. The molecule has 0 aromatic heterocycles. The monoisotopic (exact) mass is 275 g/mol. The molecule has 0 fully saturated rings. The van der Waals surface area contributed by atoms with E-state index in [0.717, 1.165) is 17.5 Å². The number of imide groups is 1. The van der Waals surface area contributed by atoms with Crippen LogP contribution in [0.5, 0.6) is 0 Å². The molecule has 1 aromatic rings. The van der Waals surface area contributed by atoms with E-state index in [9.17, 15) is 9.59 Å². The van der Waals surface area contributed by atoms with Gasteiger partial charge in [0, 0.05) is 13.2 Å². The van der Waals surface area contributed by atoms with Gasteiger partial charge in [0.05, 0.1) is 11.1 Å². The predicted octanol–water partition coefficient (Wildman–Crippen LogP) is 2.31. The van der Waals surface area contributed by atoms with E-state index in [1.807, 2.05) is 32.9 Å². The second-order valence-corrected chi connectivity index (χ2v) is 5.46. The maximum absolute atomic E-state index is 12.5. The quantitative estimate of drug-likeness (QED) is 0.839. The van der Waals surface area contributed by atoms with Crippen molar-refractivity contribution in [2.24, 2.45) is 5.92 Å². The fourth-order valence-corrected chi connectivity index (χ4v) is 2.76. The number of aryl methyl sites for hydroxylation is 2. The molecule has 1 atom stereocenters. The molecule has 0 bridgehead atoms. The number of nitrogens with zero attached hydrogens (tertiary/aromatic N) is 1. The van der Waals surface area contributed by atoms with Crippen LogP contribution in [-0.2, 0) is 0 Å². The third-order valence-electron chi connectivity index (χ3n) is 4.10. The third kappa shape index (κ3) is 2.36. The SMILES string of the molecule is CCC(CCO)CN1C(=O)c2c(C)ccc(C)c2C1=O. The summed E-state index contributed by atoms with van der Waals surface area (Å²) in [6, 6.07) is 3.77. The summed E-state index contributed by atoms with van der Waals surface area (Å²) in [6.07, 6.45) is 1.45. The summed E-state index contributed by atoms with van der Waals surface area (Å²) in [5, 5.41) is 9.05. The van der Waals surface area contributed by atoms with Gasteiger partial charge in [0.15, 0.2) is 0 Å². The predicted molar refractivity (Wildman–Crippen MR) is 76.8 cm³/mol. The van der Waals surface area contributed by atoms with Crippen LogP contribution in [0.2, 0.25) is 0 Å². The molecule has 1 aliphatic rings. The number of hydrogen-bond donors (Lipinski definition) is 1. The van der Waals surface area contributed by atoms with Gasteiger partial charge >= 0.3 is 0 Å². The van der Waals surface area contributed by atoms with Gasteiger partial charge in [0.2, 0.25) is 0 Å². The molecule has 20 heavy (non-hydrogen) atoms. The number of fused-ring (bicyclic) bond motifs is 1. The second kappa shape index (κ2) is 5.75. The summed E-state index contributed by atoms with van der Waals surface area (Å²) in [4.78, 5) is 26.3. The molecule has 0 aliphatic carbocycles. The van der Waals surface area contributed by atoms with Crippen molar-refractivity contribution in [1.82, 2.24) is 4.90 Å². The standard InChI is InChI=1S/C16H21NO3/c1-4-12(7-8-18)9-17-15(19)13-10(2)5-6-11(3)14(13)16(17)20/h5-6,12,18H,4,7-9H2,1-3H3. The molecule has 0 spiro atoms. The first kappa shape index (κ1) is 14.7. The molecule has 0 radical (unpaired) electrons. The van der Waals surface area contributed by atoms with Gasteiger partial charge in [0.1, 0.15) is 0 Å². The van der Waals surface area contributed by atoms with Gasteiger partial charge in [0.25, 0.3) is 11.8 Å². The van der Waals surface area contributed by atoms with Crippen LogP contribution in [-0.4, -0.2) is 35.0 Å². The lowest BCUT2D eigenvalue weighted by atomic mass is 9.99. The zero-order valence-corrected chi connectivity index (χ0v) is 12.3. The first-order chi connectivity index (χ1) is 9.51. The fraction of sp³-hybridized carbons (Fsp3) is 0.500. The lowest BCUT2D eigenvalue weighted by Crippen LogP contribution is -2.35. The molecule has 1 heterocycles. The molecule has 108 valence electrons. The topological polar surface area (TPSA) is 57.6 Å². The highest BCUT2D eigenvalue weighted by atomic mass is 16.3. The van der Waals surface area contributed by atoms with E-state index < -0.39 is 0 Å². The van der Waals surface area contributed by atoms with Crippen LogP contribution in [0.3, 0.4) is 0 Å². The number of rotatable bonds is 5. The number of carbonyl (C=O) groups excluding carboxylic acids is 2. The molecule has 0 saturated carbocycles. The Morgan fingerprint density at radius 2 is 1.60 bits per heavy atom.